The van der Waals surface area contributed by atoms with Crippen LogP contribution in [0.5, 0.6) is 0 Å². The van der Waals surface area contributed by atoms with Crippen molar-refractivity contribution in [2.75, 3.05) is 26.2 Å². The lowest BCUT2D eigenvalue weighted by Crippen LogP contribution is -2.57. The molecular formula is C24H32N4O3. The second kappa shape index (κ2) is 8.26. The van der Waals surface area contributed by atoms with Crippen LogP contribution < -0.4 is 5.32 Å². The van der Waals surface area contributed by atoms with E-state index in [2.05, 4.69) is 10.2 Å². The number of likely N-dealkylation sites (tertiary alicyclic amines) is 2. The molecule has 1 aromatic carbocycles. The van der Waals surface area contributed by atoms with Crippen molar-refractivity contribution in [1.82, 2.24) is 20.0 Å². The van der Waals surface area contributed by atoms with Gasteiger partial charge in [-0.15, -0.1) is 0 Å². The number of hydrogen-bond donors (Lipinski definition) is 1. The van der Waals surface area contributed by atoms with Crippen LogP contribution in [0.25, 0.3) is 0 Å². The van der Waals surface area contributed by atoms with Crippen molar-refractivity contribution in [3.05, 3.63) is 35.9 Å². The maximum atomic E-state index is 13.5. The molecule has 3 saturated heterocycles. The summed E-state index contributed by atoms with van der Waals surface area (Å²) in [7, 11) is 0. The zero-order chi connectivity index (χ0) is 21.4. The van der Waals surface area contributed by atoms with Gasteiger partial charge in [-0.1, -0.05) is 31.0 Å². The van der Waals surface area contributed by atoms with Crippen molar-refractivity contribution < 1.29 is 14.4 Å². The van der Waals surface area contributed by atoms with E-state index in [-0.39, 0.29) is 23.9 Å². The number of benzene rings is 1. The lowest BCUT2D eigenvalue weighted by Gasteiger charge is -2.40. The summed E-state index contributed by atoms with van der Waals surface area (Å²) in [4.78, 5) is 45.0. The van der Waals surface area contributed by atoms with Gasteiger partial charge in [0.05, 0.1) is 6.04 Å². The van der Waals surface area contributed by atoms with Crippen molar-refractivity contribution in [3.8, 4) is 0 Å². The monoisotopic (exact) mass is 424 g/mol. The quantitative estimate of drug-likeness (QED) is 0.757. The second-order valence-corrected chi connectivity index (χ2v) is 9.57. The van der Waals surface area contributed by atoms with Gasteiger partial charge in [-0.2, -0.15) is 0 Å². The molecule has 0 radical (unpaired) electrons. The van der Waals surface area contributed by atoms with Gasteiger partial charge in [0.2, 0.25) is 0 Å². The normalized spacial score (nSPS) is 27.2. The number of amides is 4. The number of nitrogens with zero attached hydrogens (tertiary/aromatic N) is 3. The minimum absolute atomic E-state index is 0.0106. The van der Waals surface area contributed by atoms with Crippen LogP contribution >= 0.6 is 0 Å². The molecule has 0 bridgehead atoms. The average molecular weight is 425 g/mol. The molecule has 4 amide bonds. The van der Waals surface area contributed by atoms with Crippen LogP contribution in [-0.2, 0) is 4.79 Å². The fraction of sp³-hybridized carbons (Fsp3) is 0.625. The van der Waals surface area contributed by atoms with Crippen LogP contribution in [-0.4, -0.2) is 76.3 Å². The van der Waals surface area contributed by atoms with Crippen LogP contribution in [0.1, 0.15) is 61.7 Å². The topological polar surface area (TPSA) is 73.0 Å². The summed E-state index contributed by atoms with van der Waals surface area (Å²) in [6, 6.07) is 9.57. The standard InChI is InChI=1S/C24H32N4O3/c29-21(18-7-2-1-3-8-18)26-15-12-24(13-16-26)22(30)28(23(31)25-24)20-11-6-14-27(17-20)19-9-4-5-10-19/h1-3,7-8,19-20H,4-6,9-17H2,(H,25,31). The number of hydrogen-bond acceptors (Lipinski definition) is 4. The van der Waals surface area contributed by atoms with Gasteiger partial charge in [0.25, 0.3) is 11.8 Å². The molecule has 3 aliphatic heterocycles. The van der Waals surface area contributed by atoms with E-state index in [0.29, 0.717) is 37.5 Å². The Balaban J connectivity index is 1.24. The highest BCUT2D eigenvalue weighted by atomic mass is 16.2. The molecule has 1 spiro atoms. The zero-order valence-corrected chi connectivity index (χ0v) is 18.1. The van der Waals surface area contributed by atoms with Gasteiger partial charge in [0.15, 0.2) is 0 Å². The molecule has 1 aliphatic carbocycles. The molecule has 4 fully saturated rings. The molecule has 1 N–H and O–H groups in total. The molecule has 7 nitrogen and oxygen atoms in total. The van der Waals surface area contributed by atoms with E-state index >= 15 is 0 Å². The van der Waals surface area contributed by atoms with Gasteiger partial charge < -0.3 is 10.2 Å². The van der Waals surface area contributed by atoms with Gasteiger partial charge in [-0.05, 0) is 57.2 Å². The van der Waals surface area contributed by atoms with Crippen LogP contribution in [0.3, 0.4) is 0 Å². The Morgan fingerprint density at radius 1 is 0.903 bits per heavy atom. The number of urea groups is 1. The van der Waals surface area contributed by atoms with Crippen LogP contribution in [0.4, 0.5) is 4.79 Å². The Hall–Kier alpha value is -2.41. The number of imide groups is 1. The number of rotatable bonds is 3. The number of piperidine rings is 2. The molecule has 5 rings (SSSR count). The SMILES string of the molecule is O=C(c1ccccc1)N1CCC2(CC1)NC(=O)N(C1CCCN(C3CCCC3)C1)C2=O. The van der Waals surface area contributed by atoms with Crippen LogP contribution in [0, 0.1) is 0 Å². The molecule has 3 heterocycles. The molecule has 31 heavy (non-hydrogen) atoms. The summed E-state index contributed by atoms with van der Waals surface area (Å²) in [6.45, 7) is 2.84. The lowest BCUT2D eigenvalue weighted by atomic mass is 9.86. The zero-order valence-electron chi connectivity index (χ0n) is 18.1. The van der Waals surface area contributed by atoms with Crippen molar-refractivity contribution in [2.45, 2.75) is 69.0 Å². The van der Waals surface area contributed by atoms with Crippen molar-refractivity contribution in [3.63, 3.8) is 0 Å². The van der Waals surface area contributed by atoms with Gasteiger partial charge in [0, 0.05) is 31.2 Å². The molecule has 1 atom stereocenters. The highest BCUT2D eigenvalue weighted by Crippen LogP contribution is 2.34. The Morgan fingerprint density at radius 3 is 2.29 bits per heavy atom. The van der Waals surface area contributed by atoms with E-state index in [9.17, 15) is 14.4 Å². The highest BCUT2D eigenvalue weighted by molar-refractivity contribution is 6.07. The Bertz CT molecular complexity index is 844. The van der Waals surface area contributed by atoms with Crippen LogP contribution in [0.15, 0.2) is 30.3 Å². The first kappa shape index (κ1) is 20.5. The number of nitrogens with one attached hydrogen (secondary N) is 1. The summed E-state index contributed by atoms with van der Waals surface area (Å²) >= 11 is 0. The largest absolute Gasteiger partial charge is 0.338 e. The maximum Gasteiger partial charge on any atom is 0.325 e. The van der Waals surface area contributed by atoms with E-state index in [1.54, 1.807) is 4.90 Å². The number of carbonyl (C=O) groups excluding carboxylic acids is 3. The fourth-order valence-corrected chi connectivity index (χ4v) is 5.96. The van der Waals surface area contributed by atoms with Crippen molar-refractivity contribution >= 4 is 17.8 Å². The van der Waals surface area contributed by atoms with E-state index in [1.165, 1.54) is 30.6 Å². The lowest BCUT2D eigenvalue weighted by molar-refractivity contribution is -0.135. The first-order valence-electron chi connectivity index (χ1n) is 11.8. The van der Waals surface area contributed by atoms with E-state index in [0.717, 1.165) is 25.9 Å². The molecule has 0 aromatic heterocycles. The van der Waals surface area contributed by atoms with E-state index in [1.807, 2.05) is 30.3 Å². The second-order valence-electron chi connectivity index (χ2n) is 9.57. The molecule has 4 aliphatic rings. The molecular weight excluding hydrogens is 392 g/mol. The van der Waals surface area contributed by atoms with Gasteiger partial charge >= 0.3 is 6.03 Å². The molecule has 1 saturated carbocycles. The predicted octanol–water partition coefficient (Wildman–Crippen LogP) is 2.62. The van der Waals surface area contributed by atoms with Gasteiger partial charge in [-0.25, -0.2) is 4.79 Å². The third kappa shape index (κ3) is 3.73. The number of carbonyl (C=O) groups is 3. The summed E-state index contributed by atoms with van der Waals surface area (Å²) in [5, 5.41) is 3.03. The van der Waals surface area contributed by atoms with Gasteiger partial charge in [0.1, 0.15) is 5.54 Å². The van der Waals surface area contributed by atoms with Crippen LogP contribution in [0.2, 0.25) is 0 Å². The molecule has 1 unspecified atom stereocenters. The highest BCUT2D eigenvalue weighted by Gasteiger charge is 2.55. The summed E-state index contributed by atoms with van der Waals surface area (Å²) < 4.78 is 0. The molecule has 166 valence electrons. The summed E-state index contributed by atoms with van der Waals surface area (Å²) in [6.07, 6.45) is 7.93. The van der Waals surface area contributed by atoms with Crippen molar-refractivity contribution in [2.24, 2.45) is 0 Å². The average Bonchev–Trinajstić information content (AvgIpc) is 3.42. The molecule has 1 aromatic rings. The Labute approximate surface area is 183 Å². The minimum atomic E-state index is -0.847. The Kier molecular flexibility index (Phi) is 5.46. The Morgan fingerprint density at radius 2 is 1.58 bits per heavy atom. The first-order chi connectivity index (χ1) is 15.1. The van der Waals surface area contributed by atoms with Crippen molar-refractivity contribution in [1.29, 1.82) is 0 Å². The smallest absolute Gasteiger partial charge is 0.325 e. The third-order valence-corrected chi connectivity index (χ3v) is 7.75. The summed E-state index contributed by atoms with van der Waals surface area (Å²) in [5.74, 6) is -0.0915. The molecule has 7 heteroatoms. The minimum Gasteiger partial charge on any atom is -0.338 e. The first-order valence-corrected chi connectivity index (χ1v) is 11.8. The predicted molar refractivity (Wildman–Crippen MR) is 117 cm³/mol. The fourth-order valence-electron chi connectivity index (χ4n) is 5.96. The van der Waals surface area contributed by atoms with E-state index < -0.39 is 5.54 Å². The third-order valence-electron chi connectivity index (χ3n) is 7.75. The maximum absolute atomic E-state index is 13.5. The van der Waals surface area contributed by atoms with Gasteiger partial charge in [-0.3, -0.25) is 19.4 Å². The van der Waals surface area contributed by atoms with E-state index in [4.69, 9.17) is 0 Å². The summed E-state index contributed by atoms with van der Waals surface area (Å²) in [5.41, 5.74) is -0.184.